The van der Waals surface area contributed by atoms with Crippen LogP contribution in [0.1, 0.15) is 0 Å². The third-order valence-corrected chi connectivity index (χ3v) is 9.33. The topological polar surface area (TPSA) is 64.7 Å². The molecule has 0 aliphatic heterocycles. The number of hydrogen-bond acceptors (Lipinski definition) is 6. The van der Waals surface area contributed by atoms with Crippen molar-refractivity contribution in [2.24, 2.45) is 0 Å². The van der Waals surface area contributed by atoms with Crippen LogP contribution in [0.2, 0.25) is 0 Å². The van der Waals surface area contributed by atoms with E-state index in [9.17, 15) is 0 Å². The molecule has 0 bridgehead atoms. The minimum absolute atomic E-state index is 0.599. The predicted octanol–water partition coefficient (Wildman–Crippen LogP) is 10.7. The molecule has 0 saturated heterocycles. The van der Waals surface area contributed by atoms with Gasteiger partial charge in [-0.15, -0.1) is 11.3 Å². The van der Waals surface area contributed by atoms with Gasteiger partial charge in [0.15, 0.2) is 17.5 Å². The fraction of sp³-hybridized carbons (Fsp3) is 0. The van der Waals surface area contributed by atoms with Crippen molar-refractivity contribution in [1.82, 2.24) is 19.9 Å². The van der Waals surface area contributed by atoms with Gasteiger partial charge < -0.3 is 4.42 Å². The van der Waals surface area contributed by atoms with E-state index < -0.39 is 0 Å². The van der Waals surface area contributed by atoms with E-state index in [4.69, 9.17) is 24.4 Å². The highest BCUT2D eigenvalue weighted by atomic mass is 32.1. The fourth-order valence-electron chi connectivity index (χ4n) is 5.90. The Hall–Kier alpha value is -5.98. The normalized spacial score (nSPS) is 11.5. The first kappa shape index (κ1) is 26.4. The number of aromatic nitrogens is 4. The van der Waals surface area contributed by atoms with Crippen molar-refractivity contribution in [1.29, 1.82) is 0 Å². The number of fused-ring (bicyclic) bond motifs is 4. The van der Waals surface area contributed by atoms with Gasteiger partial charge in [-0.05, 0) is 35.9 Å². The molecule has 3 aromatic heterocycles. The Morgan fingerprint density at radius 1 is 0.413 bits per heavy atom. The second kappa shape index (κ2) is 10.9. The molecule has 46 heavy (non-hydrogen) atoms. The van der Waals surface area contributed by atoms with E-state index >= 15 is 0 Å². The highest BCUT2D eigenvalue weighted by Gasteiger charge is 2.16. The lowest BCUT2D eigenvalue weighted by Gasteiger charge is -2.08. The molecular weight excluding hydrogens is 585 g/mol. The first-order chi connectivity index (χ1) is 22.8. The summed E-state index contributed by atoms with van der Waals surface area (Å²) in [5.74, 6) is 1.86. The Labute approximate surface area is 268 Å². The van der Waals surface area contributed by atoms with E-state index in [2.05, 4.69) is 72.8 Å². The van der Waals surface area contributed by atoms with Crippen molar-refractivity contribution in [3.05, 3.63) is 146 Å². The zero-order valence-corrected chi connectivity index (χ0v) is 25.3. The minimum Gasteiger partial charge on any atom is -0.456 e. The Balaban J connectivity index is 1.14. The molecule has 9 aromatic rings. The van der Waals surface area contributed by atoms with E-state index in [1.807, 2.05) is 72.8 Å². The summed E-state index contributed by atoms with van der Waals surface area (Å²) in [7, 11) is 0. The van der Waals surface area contributed by atoms with Crippen molar-refractivity contribution >= 4 is 43.5 Å². The highest BCUT2D eigenvalue weighted by Crippen LogP contribution is 2.39. The molecule has 0 aliphatic rings. The third kappa shape index (κ3) is 4.64. The quantitative estimate of drug-likeness (QED) is 0.194. The number of benzene rings is 6. The lowest BCUT2D eigenvalue weighted by atomic mass is 10.0. The van der Waals surface area contributed by atoms with Gasteiger partial charge >= 0.3 is 0 Å². The molecule has 0 aliphatic carbocycles. The molecule has 6 aromatic carbocycles. The second-order valence-corrected chi connectivity index (χ2v) is 12.1. The molecule has 0 radical (unpaired) electrons. The largest absolute Gasteiger partial charge is 0.456 e. The van der Waals surface area contributed by atoms with Gasteiger partial charge in [0.25, 0.3) is 0 Å². The van der Waals surface area contributed by atoms with Crippen LogP contribution in [-0.2, 0) is 0 Å². The molecule has 9 rings (SSSR count). The van der Waals surface area contributed by atoms with Crippen LogP contribution in [0.3, 0.4) is 0 Å². The Bertz CT molecular complexity index is 2470. The van der Waals surface area contributed by atoms with Crippen LogP contribution < -0.4 is 0 Å². The summed E-state index contributed by atoms with van der Waals surface area (Å²) in [6, 6.07) is 49.3. The fourth-order valence-corrected chi connectivity index (χ4v) is 7.01. The summed E-state index contributed by atoms with van der Waals surface area (Å²) in [5.41, 5.74) is 8.73. The summed E-state index contributed by atoms with van der Waals surface area (Å²) < 4.78 is 7.67. The van der Waals surface area contributed by atoms with Crippen LogP contribution in [0.5, 0.6) is 0 Å². The average molecular weight is 609 g/mol. The summed E-state index contributed by atoms with van der Waals surface area (Å²) in [6.45, 7) is 0. The lowest BCUT2D eigenvalue weighted by Crippen LogP contribution is -2.00. The molecule has 5 nitrogen and oxygen atoms in total. The van der Waals surface area contributed by atoms with E-state index in [1.54, 1.807) is 11.3 Å². The number of nitrogens with zero attached hydrogens (tertiary/aromatic N) is 4. The number of hydrogen-bond donors (Lipinski definition) is 0. The van der Waals surface area contributed by atoms with Crippen LogP contribution >= 0.6 is 11.3 Å². The maximum atomic E-state index is 6.51. The minimum atomic E-state index is 0.599. The van der Waals surface area contributed by atoms with Gasteiger partial charge in [-0.2, -0.15) is 0 Å². The molecule has 3 heterocycles. The maximum Gasteiger partial charge on any atom is 0.164 e. The van der Waals surface area contributed by atoms with Gasteiger partial charge in [0.1, 0.15) is 16.2 Å². The molecule has 0 atom stereocenters. The van der Waals surface area contributed by atoms with Crippen LogP contribution in [0, 0.1) is 0 Å². The Morgan fingerprint density at radius 3 is 1.54 bits per heavy atom. The van der Waals surface area contributed by atoms with Crippen molar-refractivity contribution < 1.29 is 4.42 Å². The van der Waals surface area contributed by atoms with Gasteiger partial charge in [-0.25, -0.2) is 19.9 Å². The SMILES string of the molecule is c1ccc(-c2nc(-c3ccccc3)nc(-c3ccc4c(c3)oc3cc(-c5cccc6nc(-c7ccccc7)sc56)ccc34)n2)cc1. The Kier molecular flexibility index (Phi) is 6.25. The molecular formula is C40H24N4OS. The first-order valence-corrected chi connectivity index (χ1v) is 15.9. The number of furan rings is 1. The molecule has 0 amide bonds. The van der Waals surface area contributed by atoms with Gasteiger partial charge in [-0.1, -0.05) is 115 Å². The summed E-state index contributed by atoms with van der Waals surface area (Å²) in [5, 5.41) is 3.13. The predicted molar refractivity (Wildman–Crippen MR) is 187 cm³/mol. The molecule has 0 spiro atoms. The number of rotatable bonds is 5. The molecule has 6 heteroatoms. The van der Waals surface area contributed by atoms with E-state index in [-0.39, 0.29) is 0 Å². The van der Waals surface area contributed by atoms with Crippen molar-refractivity contribution in [2.45, 2.75) is 0 Å². The average Bonchev–Trinajstić information content (AvgIpc) is 3.74. The molecule has 0 saturated carbocycles. The maximum absolute atomic E-state index is 6.51. The molecule has 0 N–H and O–H groups in total. The standard InChI is InChI=1S/C40H24N4OS/c1-4-11-25(12-5-1)37-42-38(26-13-6-2-7-14-26)44-39(43-37)29-20-22-32-31-21-19-28(23-34(31)45-35(32)24-29)30-17-10-18-33-36(30)46-40(41-33)27-15-8-3-9-16-27/h1-24H. The number of thiazole rings is 1. The summed E-state index contributed by atoms with van der Waals surface area (Å²) in [4.78, 5) is 19.6. The van der Waals surface area contributed by atoms with Gasteiger partial charge in [0, 0.05) is 38.6 Å². The van der Waals surface area contributed by atoms with Crippen LogP contribution in [-0.4, -0.2) is 19.9 Å². The van der Waals surface area contributed by atoms with E-state index in [1.165, 1.54) is 0 Å². The zero-order valence-electron chi connectivity index (χ0n) is 24.5. The molecule has 0 unspecified atom stereocenters. The summed E-state index contributed by atoms with van der Waals surface area (Å²) in [6.07, 6.45) is 0. The lowest BCUT2D eigenvalue weighted by molar-refractivity contribution is 0.669. The highest BCUT2D eigenvalue weighted by molar-refractivity contribution is 7.22. The molecule has 0 fully saturated rings. The zero-order chi connectivity index (χ0) is 30.5. The van der Waals surface area contributed by atoms with Crippen molar-refractivity contribution in [2.75, 3.05) is 0 Å². The molecule has 216 valence electrons. The van der Waals surface area contributed by atoms with Gasteiger partial charge in [0.05, 0.1) is 10.2 Å². The second-order valence-electron chi connectivity index (χ2n) is 11.1. The monoisotopic (exact) mass is 608 g/mol. The van der Waals surface area contributed by atoms with Crippen LogP contribution in [0.15, 0.2) is 150 Å². The smallest absolute Gasteiger partial charge is 0.164 e. The van der Waals surface area contributed by atoms with E-state index in [0.29, 0.717) is 17.5 Å². The van der Waals surface area contributed by atoms with Crippen molar-refractivity contribution in [3.63, 3.8) is 0 Å². The van der Waals surface area contributed by atoms with Crippen LogP contribution in [0.25, 0.3) is 88.0 Å². The van der Waals surface area contributed by atoms with E-state index in [0.717, 1.165) is 70.5 Å². The first-order valence-electron chi connectivity index (χ1n) is 15.1. The van der Waals surface area contributed by atoms with Gasteiger partial charge in [0.2, 0.25) is 0 Å². The van der Waals surface area contributed by atoms with Gasteiger partial charge in [-0.3, -0.25) is 0 Å². The summed E-state index contributed by atoms with van der Waals surface area (Å²) >= 11 is 1.72. The Morgan fingerprint density at radius 2 is 0.935 bits per heavy atom. The third-order valence-electron chi connectivity index (χ3n) is 8.18. The van der Waals surface area contributed by atoms with Crippen molar-refractivity contribution in [3.8, 4) is 55.9 Å². The van der Waals surface area contributed by atoms with Crippen LogP contribution in [0.4, 0.5) is 0 Å².